The average Bonchev–Trinajstić information content (AvgIpc) is 2.54. The summed E-state index contributed by atoms with van der Waals surface area (Å²) in [6.07, 6.45) is -3.94. The second-order valence-corrected chi connectivity index (χ2v) is 5.39. The van der Waals surface area contributed by atoms with E-state index in [0.29, 0.717) is 6.42 Å². The molecule has 0 unspecified atom stereocenters. The zero-order chi connectivity index (χ0) is 18.6. The van der Waals surface area contributed by atoms with Crippen molar-refractivity contribution in [2.24, 2.45) is 0 Å². The van der Waals surface area contributed by atoms with Crippen molar-refractivity contribution in [3.63, 3.8) is 0 Å². The Bertz CT molecular complexity index is 737. The van der Waals surface area contributed by atoms with E-state index in [2.05, 4.69) is 20.6 Å². The molecule has 0 aliphatic carbocycles. The molecule has 0 amide bonds. The Morgan fingerprint density at radius 1 is 1.20 bits per heavy atom. The van der Waals surface area contributed by atoms with Gasteiger partial charge in [-0.25, -0.2) is 9.37 Å². The molecule has 0 aliphatic heterocycles. The third-order valence-electron chi connectivity index (χ3n) is 3.43. The van der Waals surface area contributed by atoms with Crippen LogP contribution < -0.4 is 15.4 Å². The third kappa shape index (κ3) is 4.94. The van der Waals surface area contributed by atoms with Gasteiger partial charge in [0.2, 0.25) is 5.95 Å². The second-order valence-electron chi connectivity index (χ2n) is 5.39. The van der Waals surface area contributed by atoms with Gasteiger partial charge >= 0.3 is 6.18 Å². The molecule has 136 valence electrons. The Balaban J connectivity index is 2.35. The van der Waals surface area contributed by atoms with Gasteiger partial charge in [-0.2, -0.15) is 18.2 Å². The highest BCUT2D eigenvalue weighted by Crippen LogP contribution is 2.31. The molecule has 2 aromatic rings. The molecule has 0 saturated carbocycles. The molecule has 25 heavy (non-hydrogen) atoms. The van der Waals surface area contributed by atoms with E-state index in [1.807, 2.05) is 6.92 Å². The van der Waals surface area contributed by atoms with Crippen LogP contribution in [-0.4, -0.2) is 23.1 Å². The van der Waals surface area contributed by atoms with Gasteiger partial charge in [-0.05, 0) is 25.5 Å². The molecule has 0 radical (unpaired) electrons. The summed E-state index contributed by atoms with van der Waals surface area (Å²) in [5.74, 6) is -0.864. The van der Waals surface area contributed by atoms with Crippen molar-refractivity contribution in [3.8, 4) is 5.75 Å². The monoisotopic (exact) mass is 358 g/mol. The molecule has 9 heteroatoms. The molecule has 0 fully saturated rings. The van der Waals surface area contributed by atoms with Gasteiger partial charge in [0.1, 0.15) is 5.82 Å². The number of nitrogens with zero attached hydrogens (tertiary/aromatic N) is 2. The molecule has 1 aromatic carbocycles. The molecule has 1 atom stereocenters. The first-order valence-electron chi connectivity index (χ1n) is 7.56. The van der Waals surface area contributed by atoms with Crippen molar-refractivity contribution in [2.75, 3.05) is 17.7 Å². The van der Waals surface area contributed by atoms with E-state index in [1.54, 1.807) is 6.92 Å². The van der Waals surface area contributed by atoms with Crippen molar-refractivity contribution < 1.29 is 22.3 Å². The van der Waals surface area contributed by atoms with Crippen LogP contribution in [0.25, 0.3) is 0 Å². The molecule has 1 aromatic heterocycles. The molecule has 0 bridgehead atoms. The van der Waals surface area contributed by atoms with Gasteiger partial charge in [0.15, 0.2) is 17.3 Å². The number of anilines is 3. The van der Waals surface area contributed by atoms with Crippen LogP contribution in [0, 0.1) is 5.82 Å². The number of hydrogen-bond donors (Lipinski definition) is 2. The normalized spacial score (nSPS) is 12.6. The second kappa shape index (κ2) is 7.54. The molecule has 2 rings (SSSR count). The summed E-state index contributed by atoms with van der Waals surface area (Å²) in [6.45, 7) is 3.68. The first-order chi connectivity index (χ1) is 11.7. The highest BCUT2D eigenvalue weighted by Gasteiger charge is 2.34. The predicted octanol–water partition coefficient (Wildman–Crippen LogP) is 4.60. The lowest BCUT2D eigenvalue weighted by Gasteiger charge is -2.15. The van der Waals surface area contributed by atoms with Gasteiger partial charge < -0.3 is 15.4 Å². The van der Waals surface area contributed by atoms with Crippen molar-refractivity contribution in [1.82, 2.24) is 9.97 Å². The largest absolute Gasteiger partial charge is 0.494 e. The molecule has 0 aliphatic rings. The number of aromatic nitrogens is 2. The Hall–Kier alpha value is -2.58. The van der Waals surface area contributed by atoms with Crippen molar-refractivity contribution in [2.45, 2.75) is 32.5 Å². The van der Waals surface area contributed by atoms with E-state index < -0.39 is 17.7 Å². The van der Waals surface area contributed by atoms with E-state index >= 15 is 0 Å². The third-order valence-corrected chi connectivity index (χ3v) is 3.43. The van der Waals surface area contributed by atoms with E-state index in [4.69, 9.17) is 4.74 Å². The number of hydrogen-bond acceptors (Lipinski definition) is 5. The van der Waals surface area contributed by atoms with Gasteiger partial charge in [0, 0.05) is 23.9 Å². The van der Waals surface area contributed by atoms with Crippen LogP contribution in [0.15, 0.2) is 24.3 Å². The molecular weight excluding hydrogens is 340 g/mol. The highest BCUT2D eigenvalue weighted by molar-refractivity contribution is 5.59. The lowest BCUT2D eigenvalue weighted by Crippen LogP contribution is -2.18. The van der Waals surface area contributed by atoms with Gasteiger partial charge in [-0.15, -0.1) is 0 Å². The molecular formula is C16H18F4N4O. The highest BCUT2D eigenvalue weighted by atomic mass is 19.4. The fraction of sp³-hybridized carbons (Fsp3) is 0.375. The molecule has 1 heterocycles. The van der Waals surface area contributed by atoms with Crippen LogP contribution in [0.1, 0.15) is 26.0 Å². The fourth-order valence-electron chi connectivity index (χ4n) is 1.94. The Morgan fingerprint density at radius 2 is 1.92 bits per heavy atom. The summed E-state index contributed by atoms with van der Waals surface area (Å²) in [7, 11) is 1.32. The summed E-state index contributed by atoms with van der Waals surface area (Å²) in [6, 6.07) is 4.61. The minimum Gasteiger partial charge on any atom is -0.494 e. The number of rotatable bonds is 6. The van der Waals surface area contributed by atoms with E-state index in [1.165, 1.54) is 19.2 Å². The maximum absolute atomic E-state index is 13.7. The van der Waals surface area contributed by atoms with Crippen LogP contribution in [0.4, 0.5) is 35.0 Å². The quantitative estimate of drug-likeness (QED) is 0.739. The Morgan fingerprint density at radius 3 is 2.48 bits per heavy atom. The van der Waals surface area contributed by atoms with Gasteiger partial charge in [-0.3, -0.25) is 0 Å². The molecule has 0 spiro atoms. The lowest BCUT2D eigenvalue weighted by molar-refractivity contribution is -0.141. The number of halogens is 4. The average molecular weight is 358 g/mol. The first kappa shape index (κ1) is 18.8. The van der Waals surface area contributed by atoms with Crippen molar-refractivity contribution in [3.05, 3.63) is 35.8 Å². The SMILES string of the molecule is CC[C@H](C)Nc1nc(Nc2ccc(OC)c(F)c2)cc(C(F)(F)F)n1. The smallest absolute Gasteiger partial charge is 0.433 e. The van der Waals surface area contributed by atoms with Crippen molar-refractivity contribution in [1.29, 1.82) is 0 Å². The summed E-state index contributed by atoms with van der Waals surface area (Å²) >= 11 is 0. The topological polar surface area (TPSA) is 59.1 Å². The lowest BCUT2D eigenvalue weighted by atomic mass is 10.2. The van der Waals surface area contributed by atoms with Gasteiger partial charge in [0.05, 0.1) is 7.11 Å². The summed E-state index contributed by atoms with van der Waals surface area (Å²) in [5.41, 5.74) is -0.857. The zero-order valence-electron chi connectivity index (χ0n) is 13.9. The van der Waals surface area contributed by atoms with Crippen LogP contribution in [-0.2, 0) is 6.18 Å². The van der Waals surface area contributed by atoms with E-state index in [9.17, 15) is 17.6 Å². The number of benzene rings is 1. The van der Waals surface area contributed by atoms with Crippen LogP contribution in [0.2, 0.25) is 0 Å². The maximum atomic E-state index is 13.7. The Labute approximate surface area is 142 Å². The minimum atomic E-state index is -4.63. The van der Waals surface area contributed by atoms with Crippen LogP contribution in [0.3, 0.4) is 0 Å². The summed E-state index contributed by atoms with van der Waals surface area (Å²) in [5, 5.41) is 5.46. The number of methoxy groups -OCH3 is 1. The number of ether oxygens (including phenoxy) is 1. The van der Waals surface area contributed by atoms with Crippen LogP contribution in [0.5, 0.6) is 5.75 Å². The minimum absolute atomic E-state index is 0.0309. The van der Waals surface area contributed by atoms with Gasteiger partial charge in [-0.1, -0.05) is 6.92 Å². The first-order valence-corrected chi connectivity index (χ1v) is 7.56. The van der Waals surface area contributed by atoms with Crippen LogP contribution >= 0.6 is 0 Å². The van der Waals surface area contributed by atoms with Gasteiger partial charge in [0.25, 0.3) is 0 Å². The van der Waals surface area contributed by atoms with E-state index in [0.717, 1.165) is 12.1 Å². The maximum Gasteiger partial charge on any atom is 0.433 e. The zero-order valence-corrected chi connectivity index (χ0v) is 13.9. The Kier molecular flexibility index (Phi) is 5.66. The number of nitrogens with one attached hydrogen (secondary N) is 2. The van der Waals surface area contributed by atoms with E-state index in [-0.39, 0.29) is 29.2 Å². The fourth-order valence-corrected chi connectivity index (χ4v) is 1.94. The summed E-state index contributed by atoms with van der Waals surface area (Å²) < 4.78 is 57.7. The number of alkyl halides is 3. The summed E-state index contributed by atoms with van der Waals surface area (Å²) in [4.78, 5) is 7.51. The van der Waals surface area contributed by atoms with Crippen molar-refractivity contribution >= 4 is 17.5 Å². The molecule has 2 N–H and O–H groups in total. The molecule has 0 saturated heterocycles. The molecule has 5 nitrogen and oxygen atoms in total. The predicted molar refractivity (Wildman–Crippen MR) is 86.6 cm³/mol. The standard InChI is InChI=1S/C16H18F4N4O/c1-4-9(2)21-15-23-13(16(18,19)20)8-14(24-15)22-10-5-6-12(25-3)11(17)7-10/h5-9H,4H2,1-3H3,(H2,21,22,23,24)/t9-/m0/s1.